The fourth-order valence-corrected chi connectivity index (χ4v) is 1.92. The Balaban J connectivity index is 2.15. The van der Waals surface area contributed by atoms with Crippen molar-refractivity contribution in [2.75, 3.05) is 10.6 Å². The highest BCUT2D eigenvalue weighted by molar-refractivity contribution is 6.42. The summed E-state index contributed by atoms with van der Waals surface area (Å²) in [7, 11) is 0. The van der Waals surface area contributed by atoms with E-state index in [4.69, 9.17) is 23.2 Å². The van der Waals surface area contributed by atoms with Gasteiger partial charge in [-0.3, -0.25) is 10.1 Å². The van der Waals surface area contributed by atoms with Gasteiger partial charge in [-0.1, -0.05) is 23.2 Å². The van der Waals surface area contributed by atoms with Crippen molar-refractivity contribution < 1.29 is 14.1 Å². The molecule has 2 aromatic carbocycles. The van der Waals surface area contributed by atoms with Gasteiger partial charge in [-0.25, -0.2) is 9.18 Å². The minimum atomic E-state index is -0.794. The van der Waals surface area contributed by atoms with Crippen molar-refractivity contribution in [2.45, 2.75) is 0 Å². The van der Waals surface area contributed by atoms with Crippen molar-refractivity contribution in [3.63, 3.8) is 0 Å². The summed E-state index contributed by atoms with van der Waals surface area (Å²) in [6, 6.07) is 6.49. The van der Waals surface area contributed by atoms with Crippen LogP contribution in [-0.2, 0) is 0 Å². The lowest BCUT2D eigenvalue weighted by atomic mass is 10.2. The zero-order valence-electron chi connectivity index (χ0n) is 10.8. The minimum absolute atomic E-state index is 0.135. The summed E-state index contributed by atoms with van der Waals surface area (Å²) in [5, 5.41) is 16.1. The first-order valence-corrected chi connectivity index (χ1v) is 6.59. The molecule has 114 valence electrons. The number of anilines is 2. The molecule has 6 nitrogen and oxygen atoms in total. The molecule has 2 aromatic rings. The van der Waals surface area contributed by atoms with Gasteiger partial charge in [0.15, 0.2) is 0 Å². The first-order valence-electron chi connectivity index (χ1n) is 5.84. The zero-order chi connectivity index (χ0) is 16.3. The molecule has 0 saturated heterocycles. The van der Waals surface area contributed by atoms with Gasteiger partial charge in [0.25, 0.3) is 5.69 Å². The highest BCUT2D eigenvalue weighted by Crippen LogP contribution is 2.27. The molecule has 2 N–H and O–H groups in total. The standard InChI is InChI=1S/C13H8Cl2FN3O3/c14-9-3-2-8(6-10(9)15)17-13(20)18-11-4-1-7(16)5-12(11)19(21)22/h1-6H,(H2,17,18,20). The Morgan fingerprint density at radius 3 is 2.45 bits per heavy atom. The minimum Gasteiger partial charge on any atom is -0.308 e. The quantitative estimate of drug-likeness (QED) is 0.626. The molecule has 0 aliphatic rings. The van der Waals surface area contributed by atoms with Gasteiger partial charge in [-0.05, 0) is 30.3 Å². The van der Waals surface area contributed by atoms with E-state index in [0.29, 0.717) is 10.7 Å². The molecular weight excluding hydrogens is 336 g/mol. The molecule has 0 aliphatic carbocycles. The largest absolute Gasteiger partial charge is 0.323 e. The summed E-state index contributed by atoms with van der Waals surface area (Å²) < 4.78 is 13.0. The van der Waals surface area contributed by atoms with Crippen molar-refractivity contribution >= 4 is 46.3 Å². The number of rotatable bonds is 3. The molecule has 0 unspecified atom stereocenters. The smallest absolute Gasteiger partial charge is 0.308 e. The second kappa shape index (κ2) is 6.59. The number of amides is 2. The average molecular weight is 344 g/mol. The van der Waals surface area contributed by atoms with E-state index < -0.39 is 22.5 Å². The maximum Gasteiger partial charge on any atom is 0.323 e. The summed E-state index contributed by atoms with van der Waals surface area (Å²) in [5.41, 5.74) is -0.343. The van der Waals surface area contributed by atoms with Crippen LogP contribution in [0.5, 0.6) is 0 Å². The van der Waals surface area contributed by atoms with Gasteiger partial charge in [0.1, 0.15) is 11.5 Å². The van der Waals surface area contributed by atoms with Crippen LogP contribution in [0.15, 0.2) is 36.4 Å². The topological polar surface area (TPSA) is 84.3 Å². The maximum absolute atomic E-state index is 13.0. The zero-order valence-corrected chi connectivity index (χ0v) is 12.3. The van der Waals surface area contributed by atoms with Crippen LogP contribution in [0.1, 0.15) is 0 Å². The van der Waals surface area contributed by atoms with E-state index in [9.17, 15) is 19.3 Å². The molecular formula is C13H8Cl2FN3O3. The van der Waals surface area contributed by atoms with Crippen LogP contribution >= 0.6 is 23.2 Å². The molecule has 9 heteroatoms. The third-order valence-electron chi connectivity index (χ3n) is 2.58. The lowest BCUT2D eigenvalue weighted by molar-refractivity contribution is -0.384. The van der Waals surface area contributed by atoms with E-state index >= 15 is 0 Å². The van der Waals surface area contributed by atoms with Crippen LogP contribution in [0.25, 0.3) is 0 Å². The van der Waals surface area contributed by atoms with Gasteiger partial charge in [0.2, 0.25) is 0 Å². The highest BCUT2D eigenvalue weighted by atomic mass is 35.5. The molecule has 22 heavy (non-hydrogen) atoms. The van der Waals surface area contributed by atoms with E-state index in [1.807, 2.05) is 0 Å². The second-order valence-corrected chi connectivity index (χ2v) is 4.94. The molecule has 0 radical (unpaired) electrons. The molecule has 0 heterocycles. The summed E-state index contributed by atoms with van der Waals surface area (Å²) in [6.45, 7) is 0. The van der Waals surface area contributed by atoms with Crippen molar-refractivity contribution in [2.24, 2.45) is 0 Å². The maximum atomic E-state index is 13.0. The number of nitrogens with one attached hydrogen (secondary N) is 2. The molecule has 2 rings (SSSR count). The van der Waals surface area contributed by atoms with Crippen LogP contribution in [-0.4, -0.2) is 11.0 Å². The first kappa shape index (κ1) is 16.0. The molecule has 0 bridgehead atoms. The number of carbonyl (C=O) groups excluding carboxylic acids is 1. The number of nitrogens with zero attached hydrogens (tertiary/aromatic N) is 1. The molecule has 0 aliphatic heterocycles. The number of hydrogen-bond acceptors (Lipinski definition) is 3. The van der Waals surface area contributed by atoms with E-state index in [1.54, 1.807) is 0 Å². The van der Waals surface area contributed by atoms with Crippen LogP contribution < -0.4 is 10.6 Å². The van der Waals surface area contributed by atoms with E-state index in [2.05, 4.69) is 10.6 Å². The normalized spacial score (nSPS) is 10.1. The monoisotopic (exact) mass is 343 g/mol. The number of urea groups is 1. The number of carbonyl (C=O) groups is 1. The molecule has 0 spiro atoms. The van der Waals surface area contributed by atoms with Crippen LogP contribution in [0.2, 0.25) is 10.0 Å². The fraction of sp³-hybridized carbons (Fsp3) is 0. The Morgan fingerprint density at radius 2 is 1.82 bits per heavy atom. The average Bonchev–Trinajstić information content (AvgIpc) is 2.44. The van der Waals surface area contributed by atoms with Crippen LogP contribution in [0, 0.1) is 15.9 Å². The van der Waals surface area contributed by atoms with Crippen LogP contribution in [0.4, 0.5) is 26.2 Å². The molecule has 0 aromatic heterocycles. The first-order chi connectivity index (χ1) is 10.4. The van der Waals surface area contributed by atoms with Gasteiger partial charge in [0, 0.05) is 5.69 Å². The Morgan fingerprint density at radius 1 is 1.09 bits per heavy atom. The van der Waals surface area contributed by atoms with Crippen LogP contribution in [0.3, 0.4) is 0 Å². The van der Waals surface area contributed by atoms with Crippen molar-refractivity contribution in [3.8, 4) is 0 Å². The summed E-state index contributed by atoms with van der Waals surface area (Å²) in [5.74, 6) is -0.776. The van der Waals surface area contributed by atoms with E-state index in [0.717, 1.165) is 18.2 Å². The Hall–Kier alpha value is -2.38. The molecule has 0 fully saturated rings. The van der Waals surface area contributed by atoms with Crippen molar-refractivity contribution in [1.82, 2.24) is 0 Å². The Labute approximate surface area is 134 Å². The number of hydrogen-bond donors (Lipinski definition) is 2. The molecule has 0 atom stereocenters. The molecule has 2 amide bonds. The summed E-state index contributed by atoms with van der Waals surface area (Å²) >= 11 is 11.6. The SMILES string of the molecule is O=C(Nc1ccc(Cl)c(Cl)c1)Nc1ccc(F)cc1[N+](=O)[O-]. The summed E-state index contributed by atoms with van der Waals surface area (Å²) in [6.07, 6.45) is 0. The third kappa shape index (κ3) is 3.84. The third-order valence-corrected chi connectivity index (χ3v) is 3.32. The van der Waals surface area contributed by atoms with Gasteiger partial charge < -0.3 is 10.6 Å². The number of halogens is 3. The highest BCUT2D eigenvalue weighted by Gasteiger charge is 2.17. The predicted molar refractivity (Wildman–Crippen MR) is 82.2 cm³/mol. The van der Waals surface area contributed by atoms with Crippen molar-refractivity contribution in [1.29, 1.82) is 0 Å². The Bertz CT molecular complexity index is 755. The predicted octanol–water partition coefficient (Wildman–Crippen LogP) is 4.68. The van der Waals surface area contributed by atoms with Gasteiger partial charge in [-0.15, -0.1) is 0 Å². The number of nitro benzene ring substituents is 1. The molecule has 0 saturated carbocycles. The van der Waals surface area contributed by atoms with E-state index in [-0.39, 0.29) is 10.7 Å². The second-order valence-electron chi connectivity index (χ2n) is 4.13. The van der Waals surface area contributed by atoms with Gasteiger partial charge >= 0.3 is 6.03 Å². The van der Waals surface area contributed by atoms with E-state index in [1.165, 1.54) is 18.2 Å². The lowest BCUT2D eigenvalue weighted by Gasteiger charge is -2.08. The fourth-order valence-electron chi connectivity index (χ4n) is 1.62. The van der Waals surface area contributed by atoms with Crippen molar-refractivity contribution in [3.05, 3.63) is 62.4 Å². The van der Waals surface area contributed by atoms with Gasteiger partial charge in [0.05, 0.1) is 21.0 Å². The van der Waals surface area contributed by atoms with Gasteiger partial charge in [-0.2, -0.15) is 0 Å². The lowest BCUT2D eigenvalue weighted by Crippen LogP contribution is -2.20. The Kier molecular flexibility index (Phi) is 4.79. The summed E-state index contributed by atoms with van der Waals surface area (Å²) in [4.78, 5) is 21.9. The number of benzene rings is 2. The number of nitro groups is 1.